The van der Waals surface area contributed by atoms with Gasteiger partial charge in [0.25, 0.3) is 5.56 Å². The first-order chi connectivity index (χ1) is 6.25. The summed E-state index contributed by atoms with van der Waals surface area (Å²) in [5, 5.41) is 0. The van der Waals surface area contributed by atoms with Gasteiger partial charge in [-0.25, -0.2) is 9.97 Å². The molecule has 0 bridgehead atoms. The standard InChI is InChI=1S/C8H8N4O/c1-5-3-9-8(12-5)6-2-7(13)11-4-10-6/h2-4H,1H3,(H,9,12)(H,10,11,13). The monoisotopic (exact) mass is 176 g/mol. The number of aryl methyl sites for hydroxylation is 1. The quantitative estimate of drug-likeness (QED) is 0.663. The van der Waals surface area contributed by atoms with Gasteiger partial charge in [0, 0.05) is 18.0 Å². The van der Waals surface area contributed by atoms with E-state index in [0.29, 0.717) is 11.5 Å². The molecular formula is C8H8N4O. The predicted octanol–water partition coefficient (Wildman–Crippen LogP) is 0.468. The van der Waals surface area contributed by atoms with Crippen LogP contribution >= 0.6 is 0 Å². The Morgan fingerprint density at radius 3 is 2.85 bits per heavy atom. The van der Waals surface area contributed by atoms with Crippen LogP contribution in [-0.4, -0.2) is 19.9 Å². The largest absolute Gasteiger partial charge is 0.341 e. The van der Waals surface area contributed by atoms with Crippen molar-refractivity contribution in [1.82, 2.24) is 19.9 Å². The molecule has 5 nitrogen and oxygen atoms in total. The van der Waals surface area contributed by atoms with E-state index in [4.69, 9.17) is 0 Å². The van der Waals surface area contributed by atoms with Crippen LogP contribution in [-0.2, 0) is 0 Å². The molecule has 0 amide bonds. The average Bonchev–Trinajstić information content (AvgIpc) is 2.52. The molecule has 0 aliphatic carbocycles. The molecule has 13 heavy (non-hydrogen) atoms. The minimum absolute atomic E-state index is 0.181. The summed E-state index contributed by atoms with van der Waals surface area (Å²) in [5.74, 6) is 0.614. The lowest BCUT2D eigenvalue weighted by atomic mass is 10.4. The average molecular weight is 176 g/mol. The highest BCUT2D eigenvalue weighted by Crippen LogP contribution is 2.08. The maximum atomic E-state index is 10.9. The van der Waals surface area contributed by atoms with E-state index in [1.165, 1.54) is 12.4 Å². The summed E-state index contributed by atoms with van der Waals surface area (Å²) >= 11 is 0. The summed E-state index contributed by atoms with van der Waals surface area (Å²) in [6.07, 6.45) is 3.05. The van der Waals surface area contributed by atoms with Crippen LogP contribution in [0.25, 0.3) is 11.5 Å². The number of aromatic nitrogens is 4. The molecule has 0 saturated carbocycles. The zero-order valence-electron chi connectivity index (χ0n) is 7.03. The molecule has 5 heteroatoms. The lowest BCUT2D eigenvalue weighted by Crippen LogP contribution is -2.04. The Hall–Kier alpha value is -1.91. The minimum Gasteiger partial charge on any atom is -0.341 e. The van der Waals surface area contributed by atoms with Crippen molar-refractivity contribution in [3.8, 4) is 11.5 Å². The van der Waals surface area contributed by atoms with Crippen molar-refractivity contribution in [3.05, 3.63) is 34.6 Å². The predicted molar refractivity (Wildman–Crippen MR) is 47.2 cm³/mol. The van der Waals surface area contributed by atoms with E-state index in [9.17, 15) is 4.79 Å². The molecule has 0 aromatic carbocycles. The molecule has 2 N–H and O–H groups in total. The Morgan fingerprint density at radius 2 is 2.23 bits per heavy atom. The fraction of sp³-hybridized carbons (Fsp3) is 0.125. The highest BCUT2D eigenvalue weighted by molar-refractivity contribution is 5.47. The van der Waals surface area contributed by atoms with Crippen LogP contribution in [0.4, 0.5) is 0 Å². The summed E-state index contributed by atoms with van der Waals surface area (Å²) in [7, 11) is 0. The highest BCUT2D eigenvalue weighted by Gasteiger charge is 2.02. The molecule has 66 valence electrons. The summed E-state index contributed by atoms with van der Waals surface area (Å²) in [6, 6.07) is 1.40. The molecule has 0 saturated heterocycles. The van der Waals surface area contributed by atoms with Gasteiger partial charge in [0.1, 0.15) is 5.69 Å². The number of imidazole rings is 1. The van der Waals surface area contributed by atoms with Crippen LogP contribution in [0.5, 0.6) is 0 Å². The van der Waals surface area contributed by atoms with Crippen molar-refractivity contribution in [2.45, 2.75) is 6.92 Å². The van der Waals surface area contributed by atoms with Crippen molar-refractivity contribution in [3.63, 3.8) is 0 Å². The zero-order chi connectivity index (χ0) is 9.26. The van der Waals surface area contributed by atoms with E-state index in [2.05, 4.69) is 19.9 Å². The van der Waals surface area contributed by atoms with E-state index in [1.807, 2.05) is 6.92 Å². The lowest BCUT2D eigenvalue weighted by Gasteiger charge is -1.92. The summed E-state index contributed by atoms with van der Waals surface area (Å²) in [4.78, 5) is 24.4. The SMILES string of the molecule is Cc1cnc(-c2cc(=O)[nH]cn2)[nH]1. The smallest absolute Gasteiger partial charge is 0.251 e. The van der Waals surface area contributed by atoms with Crippen LogP contribution in [0, 0.1) is 6.92 Å². The molecule has 2 rings (SSSR count). The first kappa shape index (κ1) is 7.72. The van der Waals surface area contributed by atoms with Crippen molar-refractivity contribution in [2.24, 2.45) is 0 Å². The van der Waals surface area contributed by atoms with E-state index >= 15 is 0 Å². The van der Waals surface area contributed by atoms with Gasteiger partial charge in [-0.2, -0.15) is 0 Å². The molecule has 0 aliphatic heterocycles. The molecule has 0 atom stereocenters. The van der Waals surface area contributed by atoms with Gasteiger partial charge in [0.05, 0.1) is 6.33 Å². The van der Waals surface area contributed by atoms with E-state index in [-0.39, 0.29) is 5.56 Å². The van der Waals surface area contributed by atoms with Crippen LogP contribution in [0.15, 0.2) is 23.4 Å². The number of hydrogen-bond acceptors (Lipinski definition) is 3. The third kappa shape index (κ3) is 1.48. The second-order valence-electron chi connectivity index (χ2n) is 2.71. The Bertz CT molecular complexity index is 471. The number of aromatic amines is 2. The normalized spacial score (nSPS) is 10.2. The fourth-order valence-electron chi connectivity index (χ4n) is 1.04. The van der Waals surface area contributed by atoms with E-state index < -0.39 is 0 Å². The lowest BCUT2D eigenvalue weighted by molar-refractivity contribution is 1.10. The number of rotatable bonds is 1. The molecule has 0 spiro atoms. The molecule has 2 aromatic rings. The number of H-pyrrole nitrogens is 2. The van der Waals surface area contributed by atoms with Gasteiger partial charge in [-0.05, 0) is 6.92 Å². The van der Waals surface area contributed by atoms with Crippen LogP contribution in [0.1, 0.15) is 5.69 Å². The molecular weight excluding hydrogens is 168 g/mol. The van der Waals surface area contributed by atoms with E-state index in [0.717, 1.165) is 5.69 Å². The summed E-state index contributed by atoms with van der Waals surface area (Å²) < 4.78 is 0. The maximum absolute atomic E-state index is 10.9. The third-order valence-corrected chi connectivity index (χ3v) is 1.62. The van der Waals surface area contributed by atoms with Gasteiger partial charge in [0.2, 0.25) is 0 Å². The van der Waals surface area contributed by atoms with Crippen molar-refractivity contribution < 1.29 is 0 Å². The second-order valence-corrected chi connectivity index (χ2v) is 2.71. The zero-order valence-corrected chi connectivity index (χ0v) is 7.03. The number of nitrogens with zero attached hydrogens (tertiary/aromatic N) is 2. The maximum Gasteiger partial charge on any atom is 0.251 e. The Labute approximate surface area is 73.9 Å². The second kappa shape index (κ2) is 2.85. The van der Waals surface area contributed by atoms with Crippen molar-refractivity contribution in [1.29, 1.82) is 0 Å². The minimum atomic E-state index is -0.181. The van der Waals surface area contributed by atoms with Crippen molar-refractivity contribution in [2.75, 3.05) is 0 Å². The molecule has 2 aromatic heterocycles. The van der Waals surface area contributed by atoms with Gasteiger partial charge >= 0.3 is 0 Å². The van der Waals surface area contributed by atoms with Gasteiger partial charge in [-0.1, -0.05) is 0 Å². The number of hydrogen-bond donors (Lipinski definition) is 2. The van der Waals surface area contributed by atoms with Crippen molar-refractivity contribution >= 4 is 0 Å². The van der Waals surface area contributed by atoms with Gasteiger partial charge in [-0.15, -0.1) is 0 Å². The first-order valence-electron chi connectivity index (χ1n) is 3.82. The van der Waals surface area contributed by atoms with Gasteiger partial charge < -0.3 is 9.97 Å². The molecule has 2 heterocycles. The molecule has 0 aliphatic rings. The highest BCUT2D eigenvalue weighted by atomic mass is 16.1. The molecule has 0 unspecified atom stereocenters. The Morgan fingerprint density at radius 1 is 1.38 bits per heavy atom. The molecule has 0 fully saturated rings. The van der Waals surface area contributed by atoms with Crippen LogP contribution < -0.4 is 5.56 Å². The molecule has 0 radical (unpaired) electrons. The summed E-state index contributed by atoms with van der Waals surface area (Å²) in [6.45, 7) is 1.89. The number of nitrogens with one attached hydrogen (secondary N) is 2. The van der Waals surface area contributed by atoms with Crippen LogP contribution in [0.2, 0.25) is 0 Å². The summed E-state index contributed by atoms with van der Waals surface area (Å²) in [5.41, 5.74) is 1.31. The first-order valence-corrected chi connectivity index (χ1v) is 3.82. The van der Waals surface area contributed by atoms with Crippen LogP contribution in [0.3, 0.4) is 0 Å². The Kier molecular flexibility index (Phi) is 1.70. The van der Waals surface area contributed by atoms with E-state index in [1.54, 1.807) is 6.20 Å². The Balaban J connectivity index is 2.52. The third-order valence-electron chi connectivity index (χ3n) is 1.62. The fourth-order valence-corrected chi connectivity index (χ4v) is 1.04. The van der Waals surface area contributed by atoms with Gasteiger partial charge in [-0.3, -0.25) is 4.79 Å². The topological polar surface area (TPSA) is 74.4 Å². The van der Waals surface area contributed by atoms with Gasteiger partial charge in [0.15, 0.2) is 5.82 Å².